The van der Waals surface area contributed by atoms with Crippen molar-refractivity contribution in [3.63, 3.8) is 0 Å². The van der Waals surface area contributed by atoms with Crippen molar-refractivity contribution in [3.05, 3.63) is 22.4 Å². The largest absolute Gasteiger partial charge is 0.483 e. The van der Waals surface area contributed by atoms with Crippen LogP contribution in [0.5, 0.6) is 0 Å². The average molecular weight is 677 g/mol. The van der Waals surface area contributed by atoms with Gasteiger partial charge in [0.1, 0.15) is 5.60 Å². The number of esters is 1. The number of rotatable bonds is 12. The molecular weight excluding hydrogens is 619 g/mol. The summed E-state index contributed by atoms with van der Waals surface area (Å²) >= 11 is 1.53. The average Bonchev–Trinajstić information content (AvgIpc) is 3.52. The third-order valence-corrected chi connectivity index (χ3v) is 16.3. The lowest BCUT2D eigenvalue weighted by Gasteiger charge is -2.64. The number of thiophene rings is 1. The maximum Gasteiger partial charge on any atom is 0.483 e. The van der Waals surface area contributed by atoms with Crippen LogP contribution in [0.15, 0.2) is 17.5 Å². The summed E-state index contributed by atoms with van der Waals surface area (Å²) in [6, 6.07) is 3.87. The summed E-state index contributed by atoms with van der Waals surface area (Å²) in [7, 11) is -3.05. The number of ether oxygens (including phenoxy) is 1. The summed E-state index contributed by atoms with van der Waals surface area (Å²) in [5.74, 6) is -0.391. The van der Waals surface area contributed by atoms with Crippen LogP contribution in [0.1, 0.15) is 93.4 Å². The van der Waals surface area contributed by atoms with Gasteiger partial charge in [0.2, 0.25) is 11.8 Å². The highest BCUT2D eigenvalue weighted by molar-refractivity contribution is 7.10. The van der Waals surface area contributed by atoms with Gasteiger partial charge in [-0.05, 0) is 87.4 Å². The molecule has 2 amide bonds. The van der Waals surface area contributed by atoms with E-state index in [1.54, 1.807) is 4.90 Å². The molecule has 4 aliphatic rings. The summed E-state index contributed by atoms with van der Waals surface area (Å²) < 4.78 is 25.8. The van der Waals surface area contributed by atoms with Crippen molar-refractivity contribution in [2.24, 2.45) is 17.3 Å². The first-order valence-corrected chi connectivity index (χ1v) is 20.6. The van der Waals surface area contributed by atoms with Crippen LogP contribution in [0.3, 0.4) is 0 Å². The van der Waals surface area contributed by atoms with Crippen LogP contribution >= 0.6 is 11.3 Å². The third-order valence-electron chi connectivity index (χ3n) is 10.9. The van der Waals surface area contributed by atoms with Crippen LogP contribution in [-0.4, -0.2) is 80.6 Å². The first-order chi connectivity index (χ1) is 21.0. The van der Waals surface area contributed by atoms with Gasteiger partial charge in [-0.2, -0.15) is 0 Å². The number of nitrogens with one attached hydrogen (secondary N) is 1. The van der Waals surface area contributed by atoms with Crippen molar-refractivity contribution in [3.8, 4) is 0 Å². The van der Waals surface area contributed by atoms with Crippen LogP contribution in [0, 0.1) is 17.3 Å². The highest BCUT2D eigenvalue weighted by Crippen LogP contribution is 2.65. The molecule has 0 aromatic carbocycles. The van der Waals surface area contributed by atoms with Gasteiger partial charge < -0.3 is 28.7 Å². The Morgan fingerprint density at radius 3 is 2.35 bits per heavy atom. The molecule has 4 fully saturated rings. The van der Waals surface area contributed by atoms with Gasteiger partial charge in [0.05, 0.1) is 36.6 Å². The normalized spacial score (nSPS) is 26.9. The molecule has 1 N–H and O–H groups in total. The molecule has 1 aromatic rings. The van der Waals surface area contributed by atoms with Crippen LogP contribution in [0.25, 0.3) is 0 Å². The fourth-order valence-corrected chi connectivity index (χ4v) is 9.27. The minimum atomic E-state index is -2.34. The SMILES string of the molecule is CC(=O)N(CC(CC(=O)OC(C)(C)C)O[Si](C)(C)C(C)(C)C)C[C@H](NC(=O)Cc1cccs1)B1O[C@@H]2C[C@@H]3C[C@@H](C3(C)C)[C@]2(C)O1. The molecule has 5 rings (SSSR count). The monoisotopic (exact) mass is 676 g/mol. The lowest BCUT2D eigenvalue weighted by Crippen LogP contribution is -2.65. The summed E-state index contributed by atoms with van der Waals surface area (Å²) in [4.78, 5) is 42.4. The Hall–Kier alpha value is -1.73. The minimum Gasteiger partial charge on any atom is -0.460 e. The second-order valence-corrected chi connectivity index (χ2v) is 22.8. The van der Waals surface area contributed by atoms with Gasteiger partial charge in [-0.15, -0.1) is 11.3 Å². The predicted octanol–water partition coefficient (Wildman–Crippen LogP) is 6.01. The molecule has 0 radical (unpaired) electrons. The Morgan fingerprint density at radius 1 is 1.13 bits per heavy atom. The molecule has 1 aliphatic heterocycles. The van der Waals surface area contributed by atoms with Crippen LogP contribution in [-0.2, 0) is 39.3 Å². The van der Waals surface area contributed by atoms with E-state index in [0.29, 0.717) is 11.8 Å². The maximum absolute atomic E-state index is 13.4. The Labute approximate surface area is 282 Å². The van der Waals surface area contributed by atoms with Gasteiger partial charge >= 0.3 is 13.1 Å². The smallest absolute Gasteiger partial charge is 0.460 e. The second kappa shape index (κ2) is 13.3. The van der Waals surface area contributed by atoms with Crippen molar-refractivity contribution >= 4 is 44.6 Å². The maximum atomic E-state index is 13.4. The predicted molar refractivity (Wildman–Crippen MR) is 185 cm³/mol. The standard InChI is InChI=1S/C34H57BN2O7SSi/c1-22(38)37(20-24(18-30(40)41-31(2,3)4)43-46(11,12)32(5,6)7)21-28(36-29(39)19-25-14-13-15-45-25)35-42-27-17-23-16-26(33(23,8)9)34(27,10)44-35/h13-15,23-24,26-28H,16-21H2,1-12H3,(H,36,39)/t23-,24?,26-,27+,28-,34-/m0/s1. The fraction of sp³-hybridized carbons (Fsp3) is 0.794. The van der Waals surface area contributed by atoms with E-state index in [2.05, 4.69) is 60.0 Å². The quantitative estimate of drug-likeness (QED) is 0.214. The molecule has 1 saturated heterocycles. The zero-order chi connectivity index (χ0) is 34.5. The van der Waals surface area contributed by atoms with Gasteiger partial charge in [0.25, 0.3) is 0 Å². The number of amides is 2. The van der Waals surface area contributed by atoms with E-state index in [9.17, 15) is 14.4 Å². The van der Waals surface area contributed by atoms with Crippen LogP contribution < -0.4 is 5.32 Å². The first kappa shape index (κ1) is 37.1. The topological polar surface area (TPSA) is 103 Å². The van der Waals surface area contributed by atoms with Crippen molar-refractivity contribution < 1.29 is 32.9 Å². The Balaban J connectivity index is 1.58. The van der Waals surface area contributed by atoms with E-state index >= 15 is 0 Å². The number of hydrogen-bond acceptors (Lipinski definition) is 8. The molecular formula is C34H57BN2O7SSi. The van der Waals surface area contributed by atoms with E-state index in [0.717, 1.165) is 17.7 Å². The Kier molecular flexibility index (Phi) is 10.7. The zero-order valence-electron chi connectivity index (χ0n) is 30.2. The lowest BCUT2D eigenvalue weighted by atomic mass is 9.43. The third kappa shape index (κ3) is 8.28. The molecule has 1 unspecified atom stereocenters. The molecule has 2 bridgehead atoms. The van der Waals surface area contributed by atoms with Crippen LogP contribution in [0.2, 0.25) is 18.1 Å². The number of carbonyl (C=O) groups excluding carboxylic acids is 3. The molecule has 258 valence electrons. The summed E-state index contributed by atoms with van der Waals surface area (Å²) in [5, 5.41) is 5.02. The Morgan fingerprint density at radius 2 is 1.80 bits per heavy atom. The number of nitrogens with zero attached hydrogens (tertiary/aromatic N) is 1. The first-order valence-electron chi connectivity index (χ1n) is 16.8. The molecule has 3 aliphatic carbocycles. The van der Waals surface area contributed by atoms with Crippen molar-refractivity contribution in [1.29, 1.82) is 0 Å². The van der Waals surface area contributed by atoms with E-state index in [4.69, 9.17) is 18.5 Å². The van der Waals surface area contributed by atoms with E-state index in [1.165, 1.54) is 18.3 Å². The van der Waals surface area contributed by atoms with Crippen LogP contribution in [0.4, 0.5) is 0 Å². The van der Waals surface area contributed by atoms with Gasteiger partial charge in [0, 0.05) is 24.9 Å². The second-order valence-electron chi connectivity index (χ2n) is 17.0. The summed E-state index contributed by atoms with van der Waals surface area (Å²) in [6.07, 6.45) is 1.62. The molecule has 2 heterocycles. The van der Waals surface area contributed by atoms with Gasteiger partial charge in [0.15, 0.2) is 8.32 Å². The van der Waals surface area contributed by atoms with Crippen molar-refractivity contribution in [1.82, 2.24) is 10.2 Å². The van der Waals surface area contributed by atoms with E-state index in [1.807, 2.05) is 38.3 Å². The zero-order valence-corrected chi connectivity index (χ0v) is 32.0. The highest BCUT2D eigenvalue weighted by Gasteiger charge is 2.68. The van der Waals surface area contributed by atoms with Gasteiger partial charge in [-0.25, -0.2) is 0 Å². The summed E-state index contributed by atoms with van der Waals surface area (Å²) in [5.41, 5.74) is -0.940. The minimum absolute atomic E-state index is 0.0116. The molecule has 46 heavy (non-hydrogen) atoms. The van der Waals surface area contributed by atoms with E-state index in [-0.39, 0.29) is 60.3 Å². The molecule has 9 nitrogen and oxygen atoms in total. The number of hydrogen-bond donors (Lipinski definition) is 1. The summed E-state index contributed by atoms with van der Waals surface area (Å²) in [6.45, 7) is 24.8. The molecule has 0 spiro atoms. The van der Waals surface area contributed by atoms with Gasteiger partial charge in [-0.1, -0.05) is 40.7 Å². The molecule has 6 atom stereocenters. The fourth-order valence-electron chi connectivity index (χ4n) is 7.22. The van der Waals surface area contributed by atoms with Gasteiger partial charge in [-0.3, -0.25) is 14.4 Å². The number of carbonyl (C=O) groups is 3. The van der Waals surface area contributed by atoms with Crippen molar-refractivity contribution in [2.45, 2.75) is 142 Å². The molecule has 1 aromatic heterocycles. The highest BCUT2D eigenvalue weighted by atomic mass is 32.1. The Bertz CT molecular complexity index is 1260. The molecule has 3 saturated carbocycles. The lowest BCUT2D eigenvalue weighted by molar-refractivity contribution is -0.199. The van der Waals surface area contributed by atoms with Crippen molar-refractivity contribution in [2.75, 3.05) is 13.1 Å². The molecule has 12 heteroatoms. The van der Waals surface area contributed by atoms with E-state index < -0.39 is 38.7 Å².